The number of hydrogen-bond donors (Lipinski definition) is 0. The third kappa shape index (κ3) is 1.65. The zero-order chi connectivity index (χ0) is 10.8. The van der Waals surface area contributed by atoms with Gasteiger partial charge in [-0.1, -0.05) is 39.8 Å². The summed E-state index contributed by atoms with van der Waals surface area (Å²) in [6.07, 6.45) is 7.89. The van der Waals surface area contributed by atoms with E-state index in [9.17, 15) is 0 Å². The topological polar surface area (TPSA) is 12.4 Å². The van der Waals surface area contributed by atoms with Gasteiger partial charge in [0.2, 0.25) is 0 Å². The largest absolute Gasteiger partial charge is 0.283 e. The van der Waals surface area contributed by atoms with E-state index < -0.39 is 0 Å². The average molecular weight is 193 g/mol. The predicted octanol–water partition coefficient (Wildman–Crippen LogP) is 3.99. The van der Waals surface area contributed by atoms with Crippen LogP contribution in [0.25, 0.3) is 0 Å². The number of nitrogens with zero attached hydrogens (tertiary/aromatic N) is 1. The van der Waals surface area contributed by atoms with Crippen LogP contribution in [0.3, 0.4) is 0 Å². The van der Waals surface area contributed by atoms with Crippen molar-refractivity contribution in [1.29, 1.82) is 0 Å². The third-order valence-electron chi connectivity index (χ3n) is 3.87. The van der Waals surface area contributed by atoms with Crippen LogP contribution in [-0.4, -0.2) is 11.3 Å². The van der Waals surface area contributed by atoms with Gasteiger partial charge in [0.25, 0.3) is 0 Å². The van der Waals surface area contributed by atoms with Crippen molar-refractivity contribution in [3.8, 4) is 0 Å². The smallest absolute Gasteiger partial charge is 0.0846 e. The Balaban J connectivity index is 2.89. The molecule has 0 radical (unpaired) electrons. The van der Waals surface area contributed by atoms with Gasteiger partial charge in [-0.15, -0.1) is 0 Å². The molecule has 2 atom stereocenters. The van der Waals surface area contributed by atoms with Gasteiger partial charge in [0.05, 0.1) is 5.54 Å². The monoisotopic (exact) mass is 193 g/mol. The van der Waals surface area contributed by atoms with Crippen LogP contribution in [0.2, 0.25) is 0 Å². The maximum Gasteiger partial charge on any atom is 0.0846 e. The minimum atomic E-state index is 0.0586. The molecule has 0 aromatic heterocycles. The summed E-state index contributed by atoms with van der Waals surface area (Å²) < 4.78 is 0. The Morgan fingerprint density at radius 1 is 1.07 bits per heavy atom. The van der Waals surface area contributed by atoms with Gasteiger partial charge in [0.15, 0.2) is 0 Å². The van der Waals surface area contributed by atoms with E-state index in [1.165, 1.54) is 12.1 Å². The molecule has 0 saturated carbocycles. The van der Waals surface area contributed by atoms with Crippen LogP contribution < -0.4 is 0 Å². The molecule has 0 aromatic rings. The lowest BCUT2D eigenvalue weighted by atomic mass is 9.62. The first-order chi connectivity index (χ1) is 6.51. The van der Waals surface area contributed by atoms with Gasteiger partial charge in [-0.3, -0.25) is 4.99 Å². The Bertz CT molecular complexity index is 258. The fourth-order valence-corrected chi connectivity index (χ4v) is 1.99. The van der Waals surface area contributed by atoms with Crippen molar-refractivity contribution < 1.29 is 0 Å². The van der Waals surface area contributed by atoms with E-state index >= 15 is 0 Å². The minimum absolute atomic E-state index is 0.0586. The molecule has 0 aromatic carbocycles. The Morgan fingerprint density at radius 3 is 1.93 bits per heavy atom. The van der Waals surface area contributed by atoms with Crippen LogP contribution in [0.1, 0.15) is 53.9 Å². The van der Waals surface area contributed by atoms with Crippen molar-refractivity contribution in [2.24, 2.45) is 10.4 Å². The van der Waals surface area contributed by atoms with Crippen LogP contribution in [-0.2, 0) is 0 Å². The minimum Gasteiger partial charge on any atom is -0.283 e. The highest BCUT2D eigenvalue weighted by atomic mass is 14.9. The second-order valence-electron chi connectivity index (χ2n) is 4.64. The van der Waals surface area contributed by atoms with Gasteiger partial charge in [0.1, 0.15) is 0 Å². The fourth-order valence-electron chi connectivity index (χ4n) is 1.99. The lowest BCUT2D eigenvalue weighted by molar-refractivity contribution is 0.228. The summed E-state index contributed by atoms with van der Waals surface area (Å²) in [5.41, 5.74) is 1.68. The molecule has 0 fully saturated rings. The maximum atomic E-state index is 4.90. The van der Waals surface area contributed by atoms with E-state index in [0.717, 1.165) is 12.8 Å². The van der Waals surface area contributed by atoms with Crippen molar-refractivity contribution in [1.82, 2.24) is 0 Å². The zero-order valence-corrected chi connectivity index (χ0v) is 10.2. The highest BCUT2D eigenvalue weighted by Gasteiger charge is 2.45. The molecule has 1 rings (SSSR count). The van der Waals surface area contributed by atoms with E-state index in [-0.39, 0.29) is 11.0 Å². The van der Waals surface area contributed by atoms with Crippen LogP contribution in [0.5, 0.6) is 0 Å². The van der Waals surface area contributed by atoms with Crippen LogP contribution in [0.4, 0.5) is 0 Å². The highest BCUT2D eigenvalue weighted by Crippen LogP contribution is 2.48. The van der Waals surface area contributed by atoms with Crippen molar-refractivity contribution in [3.05, 3.63) is 12.2 Å². The molecule has 1 aliphatic rings. The molecule has 0 saturated heterocycles. The molecule has 80 valence electrons. The third-order valence-corrected chi connectivity index (χ3v) is 3.87. The molecular weight excluding hydrogens is 170 g/mol. The normalized spacial score (nSPS) is 35.2. The Hall–Kier alpha value is -0.590. The molecule has 1 aliphatic carbocycles. The maximum absolute atomic E-state index is 4.90. The Labute approximate surface area is 88.3 Å². The van der Waals surface area contributed by atoms with Crippen molar-refractivity contribution >= 4 is 5.71 Å². The summed E-state index contributed by atoms with van der Waals surface area (Å²) in [5.74, 6) is 0. The summed E-state index contributed by atoms with van der Waals surface area (Å²) in [6.45, 7) is 11.2. The second kappa shape index (κ2) is 3.88. The molecule has 0 heterocycles. The number of hydrogen-bond acceptors (Lipinski definition) is 1. The van der Waals surface area contributed by atoms with Gasteiger partial charge >= 0.3 is 0 Å². The Morgan fingerprint density at radius 2 is 1.64 bits per heavy atom. The second-order valence-corrected chi connectivity index (χ2v) is 4.64. The summed E-state index contributed by atoms with van der Waals surface area (Å²) in [4.78, 5) is 4.90. The molecule has 0 aliphatic heterocycles. The number of aliphatic imine (C=N–C) groups is 1. The molecular formula is C13H23N. The summed E-state index contributed by atoms with van der Waals surface area (Å²) in [6, 6.07) is 0. The van der Waals surface area contributed by atoms with Gasteiger partial charge < -0.3 is 0 Å². The molecule has 0 spiro atoms. The van der Waals surface area contributed by atoms with Crippen LogP contribution >= 0.6 is 0 Å². The molecule has 2 unspecified atom stereocenters. The van der Waals surface area contributed by atoms with Gasteiger partial charge in [-0.05, 0) is 26.2 Å². The first-order valence-electron chi connectivity index (χ1n) is 5.79. The average Bonchev–Trinajstić information content (AvgIpc) is 2.22. The molecule has 14 heavy (non-hydrogen) atoms. The van der Waals surface area contributed by atoms with Crippen molar-refractivity contribution in [2.45, 2.75) is 59.4 Å². The van der Waals surface area contributed by atoms with Crippen molar-refractivity contribution in [2.75, 3.05) is 0 Å². The van der Waals surface area contributed by atoms with E-state index in [1.54, 1.807) is 0 Å². The van der Waals surface area contributed by atoms with E-state index in [4.69, 9.17) is 4.99 Å². The van der Waals surface area contributed by atoms with E-state index in [2.05, 4.69) is 46.8 Å². The summed E-state index contributed by atoms with van der Waals surface area (Å²) in [5, 5.41) is 0. The van der Waals surface area contributed by atoms with Crippen LogP contribution in [0.15, 0.2) is 17.1 Å². The number of rotatable bonds is 4. The van der Waals surface area contributed by atoms with E-state index in [0.29, 0.717) is 0 Å². The van der Waals surface area contributed by atoms with E-state index in [1.807, 2.05) is 0 Å². The molecule has 0 N–H and O–H groups in total. The quantitative estimate of drug-likeness (QED) is 0.473. The highest BCUT2D eigenvalue weighted by molar-refractivity contribution is 5.84. The van der Waals surface area contributed by atoms with Gasteiger partial charge in [0, 0.05) is 11.1 Å². The van der Waals surface area contributed by atoms with Crippen molar-refractivity contribution in [3.63, 3.8) is 0 Å². The first-order valence-corrected chi connectivity index (χ1v) is 5.79. The molecule has 1 nitrogen and oxygen atoms in total. The lowest BCUT2D eigenvalue weighted by Gasteiger charge is -2.47. The Kier molecular flexibility index (Phi) is 3.18. The predicted molar refractivity (Wildman–Crippen MR) is 64.0 cm³/mol. The molecule has 1 heteroatoms. The zero-order valence-electron chi connectivity index (χ0n) is 10.2. The summed E-state index contributed by atoms with van der Waals surface area (Å²) in [7, 11) is 0. The standard InChI is InChI=1S/C13H23N/c1-6-11(7-2)14-13(5)10-9-12(13,4)8-3/h9-10H,6-8H2,1-5H3. The molecule has 0 amide bonds. The molecule has 0 bridgehead atoms. The SMILES string of the molecule is CCC(CC)=NC1(C)C=CC1(C)CC. The van der Waals surface area contributed by atoms with Gasteiger partial charge in [-0.25, -0.2) is 0 Å². The van der Waals surface area contributed by atoms with Gasteiger partial charge in [-0.2, -0.15) is 0 Å². The lowest BCUT2D eigenvalue weighted by Crippen LogP contribution is -2.46. The first kappa shape index (κ1) is 11.5. The van der Waals surface area contributed by atoms with Crippen LogP contribution in [0, 0.1) is 5.41 Å². The fraction of sp³-hybridized carbons (Fsp3) is 0.769. The summed E-state index contributed by atoms with van der Waals surface area (Å²) >= 11 is 0.